The number of carboxylic acid groups (broad SMARTS) is 1. The minimum Gasteiger partial charge on any atom is -0.492 e. The van der Waals surface area contributed by atoms with E-state index in [0.29, 0.717) is 31.1 Å². The molecule has 2 N–H and O–H groups in total. The van der Waals surface area contributed by atoms with Gasteiger partial charge in [-0.05, 0) is 47.0 Å². The average Bonchev–Trinajstić information content (AvgIpc) is 2.43. The van der Waals surface area contributed by atoms with Crippen molar-refractivity contribution in [1.82, 2.24) is 5.32 Å². The van der Waals surface area contributed by atoms with Gasteiger partial charge in [-0.2, -0.15) is 0 Å². The number of carboxylic acids is 1. The molecule has 0 amide bonds. The zero-order valence-electron chi connectivity index (χ0n) is 12.6. The Morgan fingerprint density at radius 3 is 2.67 bits per heavy atom. The summed E-state index contributed by atoms with van der Waals surface area (Å²) in [5, 5.41) is 12.2. The van der Waals surface area contributed by atoms with Crippen LogP contribution in [0.5, 0.6) is 11.5 Å². The maximum absolute atomic E-state index is 11.1. The van der Waals surface area contributed by atoms with Gasteiger partial charge in [0.15, 0.2) is 11.5 Å². The Labute approximate surface area is 133 Å². The van der Waals surface area contributed by atoms with Crippen LogP contribution < -0.4 is 14.8 Å². The molecule has 6 heteroatoms. The molecule has 5 nitrogen and oxygen atoms in total. The lowest BCUT2D eigenvalue weighted by atomic mass is 10.1. The van der Waals surface area contributed by atoms with Gasteiger partial charge in [0.2, 0.25) is 0 Å². The Balaban J connectivity index is 2.86. The molecule has 0 bridgehead atoms. The first-order valence-electron chi connectivity index (χ1n) is 6.98. The van der Waals surface area contributed by atoms with Gasteiger partial charge in [0.1, 0.15) is 6.04 Å². The van der Waals surface area contributed by atoms with Gasteiger partial charge in [-0.1, -0.05) is 13.3 Å². The highest BCUT2D eigenvalue weighted by molar-refractivity contribution is 9.10. The molecule has 1 rings (SSSR count). The molecule has 0 aliphatic rings. The van der Waals surface area contributed by atoms with E-state index in [1.54, 1.807) is 7.11 Å². The molecule has 21 heavy (non-hydrogen) atoms. The average molecular weight is 360 g/mol. The summed E-state index contributed by atoms with van der Waals surface area (Å²) >= 11 is 3.45. The Hall–Kier alpha value is -1.27. The summed E-state index contributed by atoms with van der Waals surface area (Å²) in [4.78, 5) is 11.1. The van der Waals surface area contributed by atoms with Crippen molar-refractivity contribution < 1.29 is 19.4 Å². The van der Waals surface area contributed by atoms with Gasteiger partial charge in [-0.3, -0.25) is 4.79 Å². The van der Waals surface area contributed by atoms with Crippen LogP contribution in [0.15, 0.2) is 16.6 Å². The summed E-state index contributed by atoms with van der Waals surface area (Å²) in [5.41, 5.74) is 0.938. The second-order valence-electron chi connectivity index (χ2n) is 4.60. The Kier molecular flexibility index (Phi) is 7.53. The van der Waals surface area contributed by atoms with Crippen LogP contribution in [0.4, 0.5) is 0 Å². The lowest BCUT2D eigenvalue weighted by Crippen LogP contribution is -2.36. The summed E-state index contributed by atoms with van der Waals surface area (Å²) in [6, 6.07) is 3.23. The molecule has 118 valence electrons. The van der Waals surface area contributed by atoms with Crippen molar-refractivity contribution in [3.8, 4) is 11.5 Å². The van der Waals surface area contributed by atoms with Crippen LogP contribution in [0, 0.1) is 0 Å². The zero-order valence-corrected chi connectivity index (χ0v) is 14.2. The van der Waals surface area contributed by atoms with E-state index in [-0.39, 0.29) is 0 Å². The summed E-state index contributed by atoms with van der Waals surface area (Å²) in [5.74, 6) is 0.465. The molecule has 0 saturated carbocycles. The number of benzene rings is 1. The Bertz CT molecular complexity index is 479. The minimum atomic E-state index is -0.825. The van der Waals surface area contributed by atoms with Gasteiger partial charge >= 0.3 is 5.97 Å². The van der Waals surface area contributed by atoms with Crippen LogP contribution in [0.25, 0.3) is 0 Å². The predicted octanol–water partition coefficient (Wildman–Crippen LogP) is 3.20. The van der Waals surface area contributed by atoms with Crippen LogP contribution in [0.1, 0.15) is 32.3 Å². The number of carbonyl (C=O) groups is 1. The summed E-state index contributed by atoms with van der Waals surface area (Å²) < 4.78 is 11.6. The highest BCUT2D eigenvalue weighted by atomic mass is 79.9. The Morgan fingerprint density at radius 1 is 1.43 bits per heavy atom. The first kappa shape index (κ1) is 17.8. The monoisotopic (exact) mass is 359 g/mol. The third kappa shape index (κ3) is 5.21. The highest BCUT2D eigenvalue weighted by Gasteiger charge is 2.16. The summed E-state index contributed by atoms with van der Waals surface area (Å²) in [6.07, 6.45) is 1.42. The minimum absolute atomic E-state index is 0.458. The second-order valence-corrected chi connectivity index (χ2v) is 5.46. The van der Waals surface area contributed by atoms with Crippen molar-refractivity contribution in [1.29, 1.82) is 0 Å². The topological polar surface area (TPSA) is 67.8 Å². The van der Waals surface area contributed by atoms with Crippen LogP contribution in [-0.4, -0.2) is 30.8 Å². The molecule has 1 unspecified atom stereocenters. The Morgan fingerprint density at radius 2 is 2.14 bits per heavy atom. The lowest BCUT2D eigenvalue weighted by molar-refractivity contribution is -0.139. The van der Waals surface area contributed by atoms with Crippen molar-refractivity contribution in [3.63, 3.8) is 0 Å². The zero-order chi connectivity index (χ0) is 15.8. The molecule has 0 saturated heterocycles. The first-order valence-corrected chi connectivity index (χ1v) is 7.78. The number of aliphatic carboxylic acids is 1. The summed E-state index contributed by atoms with van der Waals surface area (Å²) in [7, 11) is 1.59. The number of hydrogen-bond donors (Lipinski definition) is 2. The van der Waals surface area contributed by atoms with Gasteiger partial charge in [-0.15, -0.1) is 0 Å². The van der Waals surface area contributed by atoms with Gasteiger partial charge < -0.3 is 19.9 Å². The van der Waals surface area contributed by atoms with E-state index in [1.807, 2.05) is 26.0 Å². The first-order chi connectivity index (χ1) is 10.0. The standard InChI is InChI=1S/C15H22BrNO4/c1-4-6-12(15(18)19)17-9-10-7-11(16)14(20-3)13(8-10)21-5-2/h7-8,12,17H,4-6,9H2,1-3H3,(H,18,19). The van der Waals surface area contributed by atoms with E-state index in [9.17, 15) is 4.79 Å². The number of hydrogen-bond acceptors (Lipinski definition) is 4. The van der Waals surface area contributed by atoms with Crippen molar-refractivity contribution in [3.05, 3.63) is 22.2 Å². The smallest absolute Gasteiger partial charge is 0.320 e. The van der Waals surface area contributed by atoms with Gasteiger partial charge in [0.05, 0.1) is 18.2 Å². The van der Waals surface area contributed by atoms with Crippen molar-refractivity contribution in [2.75, 3.05) is 13.7 Å². The van der Waals surface area contributed by atoms with E-state index in [1.165, 1.54) is 0 Å². The fourth-order valence-corrected chi connectivity index (χ4v) is 2.68. The fourth-order valence-electron chi connectivity index (χ4n) is 2.03. The molecule has 0 spiro atoms. The van der Waals surface area contributed by atoms with Gasteiger partial charge in [0, 0.05) is 6.54 Å². The van der Waals surface area contributed by atoms with Crippen LogP contribution in [0.2, 0.25) is 0 Å². The third-order valence-electron chi connectivity index (χ3n) is 3.00. The summed E-state index contributed by atoms with van der Waals surface area (Å²) in [6.45, 7) is 4.86. The van der Waals surface area contributed by atoms with E-state index < -0.39 is 12.0 Å². The highest BCUT2D eigenvalue weighted by Crippen LogP contribution is 2.36. The molecule has 0 aliphatic heterocycles. The molecule has 1 aromatic rings. The number of methoxy groups -OCH3 is 1. The van der Waals surface area contributed by atoms with Crippen LogP contribution in [0.3, 0.4) is 0 Å². The quantitative estimate of drug-likeness (QED) is 0.708. The van der Waals surface area contributed by atoms with E-state index in [0.717, 1.165) is 16.5 Å². The lowest BCUT2D eigenvalue weighted by Gasteiger charge is -2.16. The second kappa shape index (κ2) is 8.89. The van der Waals surface area contributed by atoms with E-state index >= 15 is 0 Å². The number of halogens is 1. The molecular weight excluding hydrogens is 338 g/mol. The molecule has 0 aliphatic carbocycles. The number of ether oxygens (including phenoxy) is 2. The molecule has 0 radical (unpaired) electrons. The van der Waals surface area contributed by atoms with E-state index in [2.05, 4.69) is 21.2 Å². The molecule has 0 aromatic heterocycles. The van der Waals surface area contributed by atoms with Crippen molar-refractivity contribution >= 4 is 21.9 Å². The number of nitrogens with one attached hydrogen (secondary N) is 1. The SMILES string of the molecule is CCCC(NCc1cc(Br)c(OC)c(OCC)c1)C(=O)O. The van der Waals surface area contributed by atoms with Crippen LogP contribution in [-0.2, 0) is 11.3 Å². The predicted molar refractivity (Wildman–Crippen MR) is 85.0 cm³/mol. The van der Waals surface area contributed by atoms with E-state index in [4.69, 9.17) is 14.6 Å². The van der Waals surface area contributed by atoms with Crippen LogP contribution >= 0.6 is 15.9 Å². The number of rotatable bonds is 9. The normalized spacial score (nSPS) is 12.0. The van der Waals surface area contributed by atoms with Gasteiger partial charge in [-0.25, -0.2) is 0 Å². The maximum Gasteiger partial charge on any atom is 0.320 e. The molecule has 1 atom stereocenters. The third-order valence-corrected chi connectivity index (χ3v) is 3.59. The fraction of sp³-hybridized carbons (Fsp3) is 0.533. The molecule has 0 fully saturated rings. The van der Waals surface area contributed by atoms with Gasteiger partial charge in [0.25, 0.3) is 0 Å². The molecule has 1 aromatic carbocycles. The van der Waals surface area contributed by atoms with Crippen molar-refractivity contribution in [2.24, 2.45) is 0 Å². The largest absolute Gasteiger partial charge is 0.492 e. The maximum atomic E-state index is 11.1. The van der Waals surface area contributed by atoms with Crippen molar-refractivity contribution in [2.45, 2.75) is 39.3 Å². The molecular formula is C15H22BrNO4. The molecule has 0 heterocycles.